The summed E-state index contributed by atoms with van der Waals surface area (Å²) in [4.78, 5) is 14.6. The Labute approximate surface area is 173 Å². The average molecular weight is 413 g/mol. The summed E-state index contributed by atoms with van der Waals surface area (Å²) in [5.74, 6) is 2.83. The number of likely N-dealkylation sites (tertiary alicyclic amines) is 1. The number of nitrogens with zero attached hydrogens (tertiary/aromatic N) is 3. The van der Waals surface area contributed by atoms with E-state index in [0.717, 1.165) is 24.0 Å². The van der Waals surface area contributed by atoms with Gasteiger partial charge in [0.1, 0.15) is 0 Å². The number of benzene rings is 1. The van der Waals surface area contributed by atoms with E-state index in [-0.39, 0.29) is 11.8 Å². The monoisotopic (exact) mass is 413 g/mol. The molecule has 4 rings (SSSR count). The predicted octanol–water partition coefficient (Wildman–Crippen LogP) is 3.76. The Bertz CT molecular complexity index is 962. The zero-order chi connectivity index (χ0) is 20.2. The Morgan fingerprint density at radius 2 is 1.97 bits per heavy atom. The zero-order valence-electron chi connectivity index (χ0n) is 16.5. The molecular weight excluding hydrogens is 390 g/mol. The van der Waals surface area contributed by atoms with Crippen LogP contribution in [0.15, 0.2) is 39.4 Å². The second-order valence-corrected chi connectivity index (χ2v) is 7.76. The molecule has 1 fully saturated rings. The summed E-state index contributed by atoms with van der Waals surface area (Å²) < 4.78 is 16.4. The quantitative estimate of drug-likeness (QED) is 0.612. The van der Waals surface area contributed by atoms with Crippen molar-refractivity contribution in [3.8, 4) is 23.0 Å². The van der Waals surface area contributed by atoms with Gasteiger partial charge >= 0.3 is 0 Å². The molecule has 0 spiro atoms. The normalized spacial score (nSPS) is 14.8. The van der Waals surface area contributed by atoms with Gasteiger partial charge in [0.25, 0.3) is 0 Å². The number of hydrogen-bond donors (Lipinski definition) is 0. The minimum atomic E-state index is 0.111. The number of amides is 1. The highest BCUT2D eigenvalue weighted by Gasteiger charge is 2.27. The number of rotatable bonds is 6. The summed E-state index contributed by atoms with van der Waals surface area (Å²) in [6.07, 6.45) is 1.99. The maximum Gasteiger partial charge on any atom is 0.248 e. The third-order valence-electron chi connectivity index (χ3n) is 5.21. The molecule has 0 saturated carbocycles. The van der Waals surface area contributed by atoms with Crippen molar-refractivity contribution in [1.82, 2.24) is 15.1 Å². The molecule has 0 atom stereocenters. The number of piperidine rings is 1. The number of carbonyl (C=O) groups is 1. The third kappa shape index (κ3) is 4.27. The van der Waals surface area contributed by atoms with Crippen molar-refractivity contribution in [3.05, 3.63) is 46.5 Å². The first-order chi connectivity index (χ1) is 14.2. The first kappa shape index (κ1) is 19.4. The van der Waals surface area contributed by atoms with Gasteiger partial charge in [0.2, 0.25) is 17.7 Å². The molecule has 3 heterocycles. The maximum absolute atomic E-state index is 12.7. The number of methoxy groups -OCH3 is 2. The summed E-state index contributed by atoms with van der Waals surface area (Å²) in [7, 11) is 3.19. The number of carbonyl (C=O) groups excluding carboxylic acids is 1. The van der Waals surface area contributed by atoms with E-state index in [1.54, 1.807) is 25.6 Å². The lowest BCUT2D eigenvalue weighted by atomic mass is 9.96. The molecule has 7 nitrogen and oxygen atoms in total. The summed E-state index contributed by atoms with van der Waals surface area (Å²) >= 11 is 1.60. The summed E-state index contributed by atoms with van der Waals surface area (Å²) in [5, 5.41) is 12.4. The SMILES string of the molecule is COc1ccc(CC(=O)N2CCC(c3nnc(-c4ccsc4)o3)CC2)cc1OC. The standard InChI is InChI=1S/C21H23N3O4S/c1-26-17-4-3-14(11-18(17)27-2)12-19(25)24-8-5-15(6-9-24)20-22-23-21(28-20)16-7-10-29-13-16/h3-4,7,10-11,13,15H,5-6,8-9,12H2,1-2H3. The van der Waals surface area contributed by atoms with Crippen LogP contribution in [0.2, 0.25) is 0 Å². The first-order valence-electron chi connectivity index (χ1n) is 9.52. The molecule has 152 valence electrons. The number of thiophene rings is 1. The van der Waals surface area contributed by atoms with Crippen molar-refractivity contribution in [3.63, 3.8) is 0 Å². The van der Waals surface area contributed by atoms with Crippen LogP contribution in [0, 0.1) is 0 Å². The van der Waals surface area contributed by atoms with E-state index in [1.807, 2.05) is 39.9 Å². The fourth-order valence-corrected chi connectivity index (χ4v) is 4.18. The molecule has 29 heavy (non-hydrogen) atoms. The van der Waals surface area contributed by atoms with Gasteiger partial charge < -0.3 is 18.8 Å². The van der Waals surface area contributed by atoms with Crippen LogP contribution in [0.5, 0.6) is 11.5 Å². The molecule has 1 aromatic carbocycles. The van der Waals surface area contributed by atoms with Gasteiger partial charge in [0.05, 0.1) is 20.6 Å². The van der Waals surface area contributed by atoms with Crippen molar-refractivity contribution in [1.29, 1.82) is 0 Å². The van der Waals surface area contributed by atoms with Crippen LogP contribution in [-0.2, 0) is 11.2 Å². The lowest BCUT2D eigenvalue weighted by molar-refractivity contribution is -0.131. The Hall–Kier alpha value is -2.87. The maximum atomic E-state index is 12.7. The van der Waals surface area contributed by atoms with Gasteiger partial charge in [0.15, 0.2) is 11.5 Å². The van der Waals surface area contributed by atoms with E-state index in [1.165, 1.54) is 0 Å². The Kier molecular flexibility index (Phi) is 5.80. The fourth-order valence-electron chi connectivity index (χ4n) is 3.56. The molecule has 0 N–H and O–H groups in total. The minimum absolute atomic E-state index is 0.111. The van der Waals surface area contributed by atoms with Gasteiger partial charge in [0, 0.05) is 30.0 Å². The highest BCUT2D eigenvalue weighted by atomic mass is 32.1. The predicted molar refractivity (Wildman–Crippen MR) is 109 cm³/mol. The summed E-state index contributed by atoms with van der Waals surface area (Å²) in [6, 6.07) is 7.55. The van der Waals surface area contributed by atoms with Crippen molar-refractivity contribution in [2.75, 3.05) is 27.3 Å². The number of hydrogen-bond acceptors (Lipinski definition) is 7. The van der Waals surface area contributed by atoms with Crippen LogP contribution >= 0.6 is 11.3 Å². The van der Waals surface area contributed by atoms with E-state index in [4.69, 9.17) is 13.9 Å². The Balaban J connectivity index is 1.34. The summed E-state index contributed by atoms with van der Waals surface area (Å²) in [5.41, 5.74) is 1.86. The Morgan fingerprint density at radius 3 is 2.66 bits per heavy atom. The molecule has 8 heteroatoms. The second-order valence-electron chi connectivity index (χ2n) is 6.98. The largest absolute Gasteiger partial charge is 0.493 e. The van der Waals surface area contributed by atoms with Crippen molar-refractivity contribution < 1.29 is 18.7 Å². The van der Waals surface area contributed by atoms with Crippen molar-refractivity contribution in [2.24, 2.45) is 0 Å². The van der Waals surface area contributed by atoms with Gasteiger partial charge in [-0.2, -0.15) is 11.3 Å². The number of aromatic nitrogens is 2. The minimum Gasteiger partial charge on any atom is -0.493 e. The van der Waals surface area contributed by atoms with Crippen molar-refractivity contribution >= 4 is 17.2 Å². The smallest absolute Gasteiger partial charge is 0.248 e. The van der Waals surface area contributed by atoms with Crippen LogP contribution in [0.1, 0.15) is 30.2 Å². The van der Waals surface area contributed by atoms with Crippen LogP contribution in [0.4, 0.5) is 0 Å². The van der Waals surface area contributed by atoms with E-state index in [0.29, 0.717) is 42.8 Å². The van der Waals surface area contributed by atoms with Gasteiger partial charge in [-0.05, 0) is 42.0 Å². The molecule has 0 bridgehead atoms. The van der Waals surface area contributed by atoms with E-state index in [9.17, 15) is 4.79 Å². The molecule has 1 amide bonds. The summed E-state index contributed by atoms with van der Waals surface area (Å²) in [6.45, 7) is 1.37. The Morgan fingerprint density at radius 1 is 1.17 bits per heavy atom. The van der Waals surface area contributed by atoms with Crippen molar-refractivity contribution in [2.45, 2.75) is 25.2 Å². The van der Waals surface area contributed by atoms with Gasteiger partial charge in [-0.1, -0.05) is 6.07 Å². The first-order valence-corrected chi connectivity index (χ1v) is 10.5. The second kappa shape index (κ2) is 8.65. The highest BCUT2D eigenvalue weighted by Crippen LogP contribution is 2.31. The molecule has 0 radical (unpaired) electrons. The van der Waals surface area contributed by atoms with Gasteiger partial charge in [-0.15, -0.1) is 10.2 Å². The van der Waals surface area contributed by atoms with E-state index < -0.39 is 0 Å². The van der Waals surface area contributed by atoms with Crippen LogP contribution in [0.3, 0.4) is 0 Å². The molecule has 1 saturated heterocycles. The van der Waals surface area contributed by atoms with Crippen LogP contribution in [0.25, 0.3) is 11.5 Å². The molecular formula is C21H23N3O4S. The average Bonchev–Trinajstić information content (AvgIpc) is 3.45. The zero-order valence-corrected chi connectivity index (χ0v) is 17.3. The van der Waals surface area contributed by atoms with Crippen LogP contribution in [-0.4, -0.2) is 48.3 Å². The van der Waals surface area contributed by atoms with E-state index in [2.05, 4.69) is 10.2 Å². The molecule has 3 aromatic rings. The highest BCUT2D eigenvalue weighted by molar-refractivity contribution is 7.08. The van der Waals surface area contributed by atoms with E-state index >= 15 is 0 Å². The fraction of sp³-hybridized carbons (Fsp3) is 0.381. The lowest BCUT2D eigenvalue weighted by Gasteiger charge is -2.30. The molecule has 2 aromatic heterocycles. The molecule has 0 unspecified atom stereocenters. The van der Waals surface area contributed by atoms with Crippen LogP contribution < -0.4 is 9.47 Å². The lowest BCUT2D eigenvalue weighted by Crippen LogP contribution is -2.38. The molecule has 1 aliphatic rings. The molecule has 1 aliphatic heterocycles. The molecule has 0 aliphatic carbocycles. The third-order valence-corrected chi connectivity index (χ3v) is 5.89. The van der Waals surface area contributed by atoms with Gasteiger partial charge in [-0.25, -0.2) is 0 Å². The van der Waals surface area contributed by atoms with Gasteiger partial charge in [-0.3, -0.25) is 4.79 Å². The number of ether oxygens (including phenoxy) is 2. The topological polar surface area (TPSA) is 77.7 Å².